The average molecular weight is 298 g/mol. The van der Waals surface area contributed by atoms with Crippen molar-refractivity contribution in [3.8, 4) is 11.5 Å². The third-order valence-electron chi connectivity index (χ3n) is 3.16. The minimum Gasteiger partial charge on any atom is -0.457 e. The van der Waals surface area contributed by atoms with Gasteiger partial charge in [0.25, 0.3) is 0 Å². The molecule has 0 saturated carbocycles. The topological polar surface area (TPSA) is 64.4 Å². The van der Waals surface area contributed by atoms with Crippen LogP contribution in [0.1, 0.15) is 20.3 Å². The highest BCUT2D eigenvalue weighted by Gasteiger charge is 2.14. The van der Waals surface area contributed by atoms with Gasteiger partial charge in [-0.2, -0.15) is 0 Å². The number of amides is 1. The van der Waals surface area contributed by atoms with Crippen LogP contribution in [-0.4, -0.2) is 11.9 Å². The van der Waals surface area contributed by atoms with Crippen LogP contribution < -0.4 is 15.8 Å². The van der Waals surface area contributed by atoms with E-state index in [0.29, 0.717) is 18.0 Å². The molecular weight excluding hydrogens is 276 g/mol. The summed E-state index contributed by atoms with van der Waals surface area (Å²) in [7, 11) is 0. The molecule has 1 atom stereocenters. The van der Waals surface area contributed by atoms with Crippen LogP contribution in [-0.2, 0) is 4.79 Å². The Kier molecular flexibility index (Phi) is 5.55. The van der Waals surface area contributed by atoms with E-state index < -0.39 is 6.04 Å². The van der Waals surface area contributed by atoms with Crippen molar-refractivity contribution in [2.24, 2.45) is 11.7 Å². The summed E-state index contributed by atoms with van der Waals surface area (Å²) in [5, 5.41) is 2.82. The van der Waals surface area contributed by atoms with E-state index in [1.807, 2.05) is 56.3 Å². The second-order valence-corrected chi connectivity index (χ2v) is 5.66. The minimum atomic E-state index is -0.486. The standard InChI is InChI=1S/C18H22N2O2/c1-13(2)12-17(19)18(21)20-14-8-10-16(11-9-14)22-15-6-4-3-5-7-15/h3-11,13,17H,12,19H2,1-2H3,(H,20,21). The fraction of sp³-hybridized carbons (Fsp3) is 0.278. The number of anilines is 1. The molecule has 4 nitrogen and oxygen atoms in total. The van der Waals surface area contributed by atoms with Crippen LogP contribution in [0.3, 0.4) is 0 Å². The highest BCUT2D eigenvalue weighted by Crippen LogP contribution is 2.22. The first-order valence-corrected chi connectivity index (χ1v) is 7.44. The van der Waals surface area contributed by atoms with Crippen molar-refractivity contribution in [3.63, 3.8) is 0 Å². The highest BCUT2D eigenvalue weighted by atomic mass is 16.5. The quantitative estimate of drug-likeness (QED) is 0.852. The molecule has 2 aromatic carbocycles. The lowest BCUT2D eigenvalue weighted by molar-refractivity contribution is -0.117. The Hall–Kier alpha value is -2.33. The summed E-state index contributed by atoms with van der Waals surface area (Å²) in [6.07, 6.45) is 0.668. The number of carbonyl (C=O) groups is 1. The maximum Gasteiger partial charge on any atom is 0.241 e. The molecule has 0 aromatic heterocycles. The van der Waals surface area contributed by atoms with Gasteiger partial charge < -0.3 is 15.8 Å². The van der Waals surface area contributed by atoms with E-state index in [1.54, 1.807) is 12.1 Å². The van der Waals surface area contributed by atoms with Gasteiger partial charge in [0.05, 0.1) is 6.04 Å². The smallest absolute Gasteiger partial charge is 0.241 e. The van der Waals surface area contributed by atoms with Gasteiger partial charge in [-0.25, -0.2) is 0 Å². The summed E-state index contributed by atoms with van der Waals surface area (Å²) >= 11 is 0. The van der Waals surface area contributed by atoms with Crippen LogP contribution in [0.15, 0.2) is 54.6 Å². The van der Waals surface area contributed by atoms with Crippen molar-refractivity contribution in [3.05, 3.63) is 54.6 Å². The lowest BCUT2D eigenvalue weighted by Gasteiger charge is -2.14. The number of benzene rings is 2. The third kappa shape index (κ3) is 4.90. The Morgan fingerprint density at radius 2 is 1.64 bits per heavy atom. The van der Waals surface area contributed by atoms with Gasteiger partial charge in [-0.3, -0.25) is 4.79 Å². The predicted octanol–water partition coefficient (Wildman–Crippen LogP) is 3.79. The molecule has 0 aliphatic rings. The summed E-state index contributed by atoms with van der Waals surface area (Å²) in [6, 6.07) is 16.3. The van der Waals surface area contributed by atoms with Crippen LogP contribution >= 0.6 is 0 Å². The zero-order valence-corrected chi connectivity index (χ0v) is 13.0. The van der Waals surface area contributed by atoms with E-state index in [4.69, 9.17) is 10.5 Å². The third-order valence-corrected chi connectivity index (χ3v) is 3.16. The lowest BCUT2D eigenvalue weighted by Crippen LogP contribution is -2.36. The van der Waals surface area contributed by atoms with Gasteiger partial charge in [0.2, 0.25) is 5.91 Å². The molecule has 0 radical (unpaired) electrons. The second kappa shape index (κ2) is 7.61. The molecule has 0 bridgehead atoms. The number of hydrogen-bond acceptors (Lipinski definition) is 3. The molecule has 0 saturated heterocycles. The molecule has 1 unspecified atom stereocenters. The van der Waals surface area contributed by atoms with Gasteiger partial charge in [-0.05, 0) is 48.7 Å². The van der Waals surface area contributed by atoms with E-state index in [2.05, 4.69) is 5.32 Å². The van der Waals surface area contributed by atoms with Gasteiger partial charge >= 0.3 is 0 Å². The molecule has 0 aliphatic heterocycles. The zero-order chi connectivity index (χ0) is 15.9. The predicted molar refractivity (Wildman–Crippen MR) is 89.0 cm³/mol. The number of rotatable bonds is 6. The van der Waals surface area contributed by atoms with Crippen molar-refractivity contribution < 1.29 is 9.53 Å². The first-order chi connectivity index (χ1) is 10.5. The summed E-state index contributed by atoms with van der Waals surface area (Å²) < 4.78 is 5.70. The second-order valence-electron chi connectivity index (χ2n) is 5.66. The Morgan fingerprint density at radius 1 is 1.05 bits per heavy atom. The van der Waals surface area contributed by atoms with Gasteiger partial charge in [-0.1, -0.05) is 32.0 Å². The summed E-state index contributed by atoms with van der Waals surface area (Å²) in [5.41, 5.74) is 6.57. The van der Waals surface area contributed by atoms with E-state index in [9.17, 15) is 4.79 Å². The zero-order valence-electron chi connectivity index (χ0n) is 13.0. The lowest BCUT2D eigenvalue weighted by atomic mass is 10.0. The van der Waals surface area contributed by atoms with E-state index in [0.717, 1.165) is 11.5 Å². The maximum absolute atomic E-state index is 12.0. The normalized spacial score (nSPS) is 12.0. The number of hydrogen-bond donors (Lipinski definition) is 2. The number of ether oxygens (including phenoxy) is 1. The summed E-state index contributed by atoms with van der Waals surface area (Å²) in [4.78, 5) is 12.0. The molecule has 1 amide bonds. The molecule has 0 fully saturated rings. The number of carbonyl (C=O) groups excluding carboxylic acids is 1. The summed E-state index contributed by atoms with van der Waals surface area (Å²) in [6.45, 7) is 4.09. The van der Waals surface area contributed by atoms with E-state index >= 15 is 0 Å². The first kappa shape index (κ1) is 16.0. The molecule has 3 N–H and O–H groups in total. The summed E-state index contributed by atoms with van der Waals surface area (Å²) in [5.74, 6) is 1.72. The molecule has 0 spiro atoms. The molecular formula is C18H22N2O2. The number of nitrogens with two attached hydrogens (primary N) is 1. The Balaban J connectivity index is 1.93. The largest absolute Gasteiger partial charge is 0.457 e. The Labute approximate surface area is 131 Å². The molecule has 116 valence electrons. The number of nitrogens with one attached hydrogen (secondary N) is 1. The minimum absolute atomic E-state index is 0.162. The van der Waals surface area contributed by atoms with Gasteiger partial charge in [0.1, 0.15) is 11.5 Å². The Bertz CT molecular complexity index is 594. The SMILES string of the molecule is CC(C)CC(N)C(=O)Nc1ccc(Oc2ccccc2)cc1. The van der Waals surface area contributed by atoms with Crippen molar-refractivity contribution in [1.29, 1.82) is 0 Å². The van der Waals surface area contributed by atoms with E-state index in [1.165, 1.54) is 0 Å². The Morgan fingerprint density at radius 3 is 2.23 bits per heavy atom. The van der Waals surface area contributed by atoms with Gasteiger partial charge in [0.15, 0.2) is 0 Å². The average Bonchev–Trinajstić information content (AvgIpc) is 2.49. The molecule has 22 heavy (non-hydrogen) atoms. The molecule has 0 aliphatic carbocycles. The van der Waals surface area contributed by atoms with Crippen LogP contribution in [0.2, 0.25) is 0 Å². The monoisotopic (exact) mass is 298 g/mol. The van der Waals surface area contributed by atoms with E-state index in [-0.39, 0.29) is 5.91 Å². The van der Waals surface area contributed by atoms with Crippen LogP contribution in [0.4, 0.5) is 5.69 Å². The van der Waals surface area contributed by atoms with Crippen molar-refractivity contribution >= 4 is 11.6 Å². The highest BCUT2D eigenvalue weighted by molar-refractivity contribution is 5.94. The first-order valence-electron chi connectivity index (χ1n) is 7.44. The van der Waals surface area contributed by atoms with Gasteiger partial charge in [0, 0.05) is 5.69 Å². The molecule has 4 heteroatoms. The van der Waals surface area contributed by atoms with Crippen LogP contribution in [0.5, 0.6) is 11.5 Å². The molecule has 2 aromatic rings. The van der Waals surface area contributed by atoms with Crippen molar-refractivity contribution in [1.82, 2.24) is 0 Å². The fourth-order valence-corrected chi connectivity index (χ4v) is 2.08. The molecule has 2 rings (SSSR count). The van der Waals surface area contributed by atoms with Crippen molar-refractivity contribution in [2.45, 2.75) is 26.3 Å². The van der Waals surface area contributed by atoms with Crippen LogP contribution in [0.25, 0.3) is 0 Å². The van der Waals surface area contributed by atoms with Gasteiger partial charge in [-0.15, -0.1) is 0 Å². The van der Waals surface area contributed by atoms with Crippen LogP contribution in [0, 0.1) is 5.92 Å². The fourth-order valence-electron chi connectivity index (χ4n) is 2.08. The maximum atomic E-state index is 12.0. The van der Waals surface area contributed by atoms with Crippen molar-refractivity contribution in [2.75, 3.05) is 5.32 Å². The molecule has 0 heterocycles. The number of para-hydroxylation sites is 1.